The van der Waals surface area contributed by atoms with Gasteiger partial charge in [-0.2, -0.15) is 0 Å². The highest BCUT2D eigenvalue weighted by Crippen LogP contribution is 1.85. The Morgan fingerprint density at radius 1 is 1.82 bits per heavy atom. The molecular weight excluding hydrogens is 140 g/mol. The fourth-order valence-electron chi connectivity index (χ4n) is 0.481. The van der Waals surface area contributed by atoms with Gasteiger partial charge in [0.25, 0.3) is 0 Å². The number of terminal acetylenes is 1. The van der Waals surface area contributed by atoms with Gasteiger partial charge in [-0.1, -0.05) is 5.92 Å². The molecule has 0 aromatic rings. The minimum atomic E-state index is -0.198. The van der Waals surface area contributed by atoms with Gasteiger partial charge in [-0.3, -0.25) is 0 Å². The lowest BCUT2D eigenvalue weighted by Gasteiger charge is -2.16. The highest BCUT2D eigenvalue weighted by atomic mass is 16.2. The number of carbonyl (C=O) groups excluding carboxylic acids is 1. The molecule has 0 spiro atoms. The van der Waals surface area contributed by atoms with E-state index in [0.29, 0.717) is 6.54 Å². The smallest absolute Gasteiger partial charge is 0.318 e. The van der Waals surface area contributed by atoms with Gasteiger partial charge in [0.2, 0.25) is 0 Å². The molecule has 0 aromatic carbocycles. The van der Waals surface area contributed by atoms with Crippen LogP contribution in [-0.4, -0.2) is 30.6 Å². The summed E-state index contributed by atoms with van der Waals surface area (Å²) in [6.07, 6.45) is 5.08. The molecule has 3 heteroatoms. The quantitative estimate of drug-likeness (QED) is 0.582. The molecule has 0 aromatic heterocycles. The Bertz CT molecular complexity index is 171. The number of carbonyl (C=O) groups is 1. The minimum absolute atomic E-state index is 0.127. The molecule has 0 radical (unpaired) electrons. The summed E-state index contributed by atoms with van der Waals surface area (Å²) in [7, 11) is 1.72. The first-order valence-corrected chi connectivity index (χ1v) is 3.59. The van der Waals surface area contributed by atoms with Gasteiger partial charge in [-0.25, -0.2) is 4.79 Å². The van der Waals surface area contributed by atoms with Gasteiger partial charge >= 0.3 is 6.03 Å². The molecule has 11 heavy (non-hydrogen) atoms. The molecule has 0 aliphatic carbocycles. The lowest BCUT2D eigenvalue weighted by molar-refractivity contribution is 0.210. The molecule has 0 aliphatic heterocycles. The van der Waals surface area contributed by atoms with E-state index in [2.05, 4.69) is 11.2 Å². The van der Waals surface area contributed by atoms with Gasteiger partial charge < -0.3 is 10.2 Å². The predicted octanol–water partition coefficient (Wildman–Crippen LogP) is 0.669. The highest BCUT2D eigenvalue weighted by molar-refractivity contribution is 5.74. The van der Waals surface area contributed by atoms with Crippen molar-refractivity contribution in [3.05, 3.63) is 0 Å². The largest absolute Gasteiger partial charge is 0.328 e. The van der Waals surface area contributed by atoms with Gasteiger partial charge in [0, 0.05) is 13.6 Å². The van der Waals surface area contributed by atoms with Crippen molar-refractivity contribution in [2.45, 2.75) is 19.9 Å². The van der Waals surface area contributed by atoms with E-state index in [4.69, 9.17) is 6.42 Å². The van der Waals surface area contributed by atoms with Crippen LogP contribution in [-0.2, 0) is 0 Å². The van der Waals surface area contributed by atoms with E-state index in [1.807, 2.05) is 6.92 Å². The summed E-state index contributed by atoms with van der Waals surface area (Å²) in [6.45, 7) is 4.35. The Kier molecular flexibility index (Phi) is 4.12. The van der Waals surface area contributed by atoms with Crippen LogP contribution in [0.15, 0.2) is 0 Å². The zero-order valence-corrected chi connectivity index (χ0v) is 7.22. The minimum Gasteiger partial charge on any atom is -0.328 e. The van der Waals surface area contributed by atoms with Gasteiger partial charge in [0.05, 0.1) is 6.04 Å². The molecule has 0 saturated heterocycles. The van der Waals surface area contributed by atoms with Crippen LogP contribution in [0.25, 0.3) is 0 Å². The summed E-state index contributed by atoms with van der Waals surface area (Å²) in [4.78, 5) is 12.6. The first-order valence-electron chi connectivity index (χ1n) is 3.59. The topological polar surface area (TPSA) is 32.3 Å². The number of nitrogens with zero attached hydrogens (tertiary/aromatic N) is 1. The summed E-state index contributed by atoms with van der Waals surface area (Å²) in [5, 5.41) is 2.63. The number of hydrogen-bond donors (Lipinski definition) is 1. The summed E-state index contributed by atoms with van der Waals surface area (Å²) in [5.41, 5.74) is 0. The average Bonchev–Trinajstić information content (AvgIpc) is 2.02. The van der Waals surface area contributed by atoms with Gasteiger partial charge in [0.15, 0.2) is 0 Å². The van der Waals surface area contributed by atoms with Gasteiger partial charge in [-0.05, 0) is 13.8 Å². The summed E-state index contributed by atoms with van der Waals surface area (Å²) in [6, 6.07) is -0.325. The lowest BCUT2D eigenvalue weighted by atomic mass is 10.4. The van der Waals surface area contributed by atoms with Crippen LogP contribution in [0.5, 0.6) is 0 Å². The number of nitrogens with one attached hydrogen (secondary N) is 1. The first-order chi connectivity index (χ1) is 5.11. The van der Waals surface area contributed by atoms with E-state index in [1.54, 1.807) is 18.9 Å². The average molecular weight is 154 g/mol. The molecule has 1 N–H and O–H groups in total. The van der Waals surface area contributed by atoms with Gasteiger partial charge in [-0.15, -0.1) is 6.42 Å². The molecule has 0 saturated carbocycles. The molecule has 1 atom stereocenters. The van der Waals surface area contributed by atoms with Gasteiger partial charge in [0.1, 0.15) is 0 Å². The van der Waals surface area contributed by atoms with E-state index in [1.165, 1.54) is 0 Å². The molecule has 62 valence electrons. The maximum atomic E-state index is 11.1. The zero-order valence-electron chi connectivity index (χ0n) is 7.22. The van der Waals surface area contributed by atoms with Crippen LogP contribution >= 0.6 is 0 Å². The van der Waals surface area contributed by atoms with Crippen LogP contribution < -0.4 is 5.32 Å². The lowest BCUT2D eigenvalue weighted by Crippen LogP contribution is -2.41. The van der Waals surface area contributed by atoms with Crippen molar-refractivity contribution in [3.8, 4) is 12.3 Å². The zero-order chi connectivity index (χ0) is 8.85. The summed E-state index contributed by atoms with van der Waals surface area (Å²) < 4.78 is 0. The fourth-order valence-corrected chi connectivity index (χ4v) is 0.481. The molecule has 0 fully saturated rings. The first kappa shape index (κ1) is 9.83. The third kappa shape index (κ3) is 3.51. The van der Waals surface area contributed by atoms with Crippen molar-refractivity contribution in [2.75, 3.05) is 13.6 Å². The summed E-state index contributed by atoms with van der Waals surface area (Å²) in [5.74, 6) is 2.42. The van der Waals surface area contributed by atoms with E-state index in [9.17, 15) is 4.79 Å². The van der Waals surface area contributed by atoms with Crippen molar-refractivity contribution < 1.29 is 4.79 Å². The van der Waals surface area contributed by atoms with Crippen LogP contribution in [0.1, 0.15) is 13.8 Å². The molecular formula is C8H14N2O. The second-order valence-electron chi connectivity index (χ2n) is 2.35. The monoisotopic (exact) mass is 154 g/mol. The Morgan fingerprint density at radius 2 is 2.36 bits per heavy atom. The molecule has 1 unspecified atom stereocenters. The predicted molar refractivity (Wildman–Crippen MR) is 45.1 cm³/mol. The van der Waals surface area contributed by atoms with E-state index < -0.39 is 0 Å². The van der Waals surface area contributed by atoms with Crippen LogP contribution in [0.3, 0.4) is 0 Å². The maximum absolute atomic E-state index is 11.1. The Morgan fingerprint density at radius 3 is 2.73 bits per heavy atom. The number of rotatable bonds is 2. The number of urea groups is 1. The van der Waals surface area contributed by atoms with Crippen LogP contribution in [0.4, 0.5) is 4.79 Å². The third-order valence-electron chi connectivity index (χ3n) is 1.41. The second-order valence-corrected chi connectivity index (χ2v) is 2.35. The summed E-state index contributed by atoms with van der Waals surface area (Å²) >= 11 is 0. The SMILES string of the molecule is C#CC(C)NC(=O)N(C)CC. The van der Waals surface area contributed by atoms with Crippen molar-refractivity contribution in [3.63, 3.8) is 0 Å². The Labute approximate surface area is 67.8 Å². The van der Waals surface area contributed by atoms with Crippen molar-refractivity contribution in [1.82, 2.24) is 10.2 Å². The highest BCUT2D eigenvalue weighted by Gasteiger charge is 2.06. The van der Waals surface area contributed by atoms with Crippen molar-refractivity contribution >= 4 is 6.03 Å². The van der Waals surface area contributed by atoms with Crippen LogP contribution in [0, 0.1) is 12.3 Å². The van der Waals surface area contributed by atoms with Crippen molar-refractivity contribution in [2.24, 2.45) is 0 Å². The standard InChI is InChI=1S/C8H14N2O/c1-5-7(3)9-8(11)10(4)6-2/h1,7H,6H2,2-4H3,(H,9,11). The molecule has 0 rings (SSSR count). The number of amides is 2. The fraction of sp³-hybridized carbons (Fsp3) is 0.625. The van der Waals surface area contributed by atoms with Crippen LogP contribution in [0.2, 0.25) is 0 Å². The maximum Gasteiger partial charge on any atom is 0.318 e. The van der Waals surface area contributed by atoms with E-state index in [0.717, 1.165) is 0 Å². The molecule has 3 nitrogen and oxygen atoms in total. The normalized spacial score (nSPS) is 11.5. The molecule has 2 amide bonds. The Hall–Kier alpha value is -1.17. The van der Waals surface area contributed by atoms with E-state index >= 15 is 0 Å². The molecule has 0 bridgehead atoms. The number of hydrogen-bond acceptors (Lipinski definition) is 1. The molecule has 0 aliphatic rings. The second kappa shape index (κ2) is 4.62. The molecule has 0 heterocycles. The Balaban J connectivity index is 3.80. The third-order valence-corrected chi connectivity index (χ3v) is 1.41. The van der Waals surface area contributed by atoms with Crippen molar-refractivity contribution in [1.29, 1.82) is 0 Å². The van der Waals surface area contributed by atoms with E-state index in [-0.39, 0.29) is 12.1 Å².